The molecule has 0 unspecified atom stereocenters. The van der Waals surface area contributed by atoms with Gasteiger partial charge in [-0.15, -0.1) is 12.4 Å². The highest BCUT2D eigenvalue weighted by Gasteiger charge is 2.44. The van der Waals surface area contributed by atoms with Gasteiger partial charge in [0.1, 0.15) is 0 Å². The fourth-order valence-corrected chi connectivity index (χ4v) is 1.17. The van der Waals surface area contributed by atoms with Crippen LogP contribution in [0.15, 0.2) is 0 Å². The molecule has 1 fully saturated rings. The lowest BCUT2D eigenvalue weighted by Gasteiger charge is -2.47. The largest absolute Gasteiger partial charge is 0.389 e. The van der Waals surface area contributed by atoms with Crippen LogP contribution in [0, 0.1) is 0 Å². The SMILES string of the molecule is CC(C)(O)C1(N)CCC1.Cl. The first-order chi connectivity index (χ1) is 3.96. The zero-order valence-corrected chi connectivity index (χ0v) is 7.37. The Balaban J connectivity index is 0.000000810. The molecule has 1 aliphatic rings. The summed E-state index contributed by atoms with van der Waals surface area (Å²) in [4.78, 5) is 0. The van der Waals surface area contributed by atoms with Crippen LogP contribution in [0.3, 0.4) is 0 Å². The molecule has 1 rings (SSSR count). The Morgan fingerprint density at radius 3 is 1.80 bits per heavy atom. The third kappa shape index (κ3) is 1.44. The average molecular weight is 166 g/mol. The van der Waals surface area contributed by atoms with Crippen LogP contribution in [0.5, 0.6) is 0 Å². The normalized spacial score (nSPS) is 22.8. The smallest absolute Gasteiger partial charge is 0.0770 e. The van der Waals surface area contributed by atoms with Crippen LogP contribution in [-0.4, -0.2) is 16.2 Å². The second kappa shape index (κ2) is 2.68. The first-order valence-electron chi connectivity index (χ1n) is 3.47. The Kier molecular flexibility index (Phi) is 2.74. The van der Waals surface area contributed by atoms with Gasteiger partial charge in [-0.3, -0.25) is 0 Å². The van der Waals surface area contributed by atoms with E-state index in [1.807, 2.05) is 0 Å². The van der Waals surface area contributed by atoms with Crippen molar-refractivity contribution in [3.8, 4) is 0 Å². The first-order valence-corrected chi connectivity index (χ1v) is 3.47. The first kappa shape index (κ1) is 10.2. The maximum atomic E-state index is 9.47. The number of nitrogens with two attached hydrogens (primary N) is 1. The molecule has 0 aliphatic heterocycles. The summed E-state index contributed by atoms with van der Waals surface area (Å²) in [5.41, 5.74) is 4.86. The summed E-state index contributed by atoms with van der Waals surface area (Å²) in [5, 5.41) is 9.47. The maximum absolute atomic E-state index is 9.47. The van der Waals surface area contributed by atoms with Gasteiger partial charge in [0.2, 0.25) is 0 Å². The minimum absolute atomic E-state index is 0. The van der Waals surface area contributed by atoms with Crippen molar-refractivity contribution in [3.63, 3.8) is 0 Å². The average Bonchev–Trinajstić information content (AvgIpc) is 1.57. The molecule has 1 aliphatic carbocycles. The molecule has 0 aromatic carbocycles. The molecule has 0 saturated heterocycles. The van der Waals surface area contributed by atoms with E-state index in [-0.39, 0.29) is 17.9 Å². The third-order valence-corrected chi connectivity index (χ3v) is 2.46. The van der Waals surface area contributed by atoms with E-state index in [0.29, 0.717) is 0 Å². The van der Waals surface area contributed by atoms with Crippen molar-refractivity contribution in [1.29, 1.82) is 0 Å². The third-order valence-electron chi connectivity index (χ3n) is 2.46. The van der Waals surface area contributed by atoms with Gasteiger partial charge in [-0.1, -0.05) is 0 Å². The van der Waals surface area contributed by atoms with E-state index < -0.39 is 5.60 Å². The molecule has 0 radical (unpaired) electrons. The fourth-order valence-electron chi connectivity index (χ4n) is 1.17. The number of aliphatic hydroxyl groups is 1. The zero-order valence-electron chi connectivity index (χ0n) is 6.55. The Hall–Kier alpha value is 0.210. The van der Waals surface area contributed by atoms with Crippen LogP contribution >= 0.6 is 12.4 Å². The number of hydrogen-bond acceptors (Lipinski definition) is 2. The zero-order chi connectivity index (χ0) is 7.12. The van der Waals surface area contributed by atoms with Crippen molar-refractivity contribution in [3.05, 3.63) is 0 Å². The molecular weight excluding hydrogens is 150 g/mol. The Labute approximate surface area is 68.2 Å². The summed E-state index contributed by atoms with van der Waals surface area (Å²) >= 11 is 0. The molecule has 1 saturated carbocycles. The molecule has 3 heteroatoms. The van der Waals surface area contributed by atoms with Crippen LogP contribution in [-0.2, 0) is 0 Å². The lowest BCUT2D eigenvalue weighted by atomic mass is 9.68. The van der Waals surface area contributed by atoms with E-state index in [4.69, 9.17) is 5.73 Å². The van der Waals surface area contributed by atoms with Gasteiger partial charge in [0.25, 0.3) is 0 Å². The summed E-state index contributed by atoms with van der Waals surface area (Å²) in [7, 11) is 0. The Bertz CT molecular complexity index is 115. The van der Waals surface area contributed by atoms with Crippen molar-refractivity contribution in [2.45, 2.75) is 44.2 Å². The summed E-state index contributed by atoms with van der Waals surface area (Å²) in [6.45, 7) is 3.57. The summed E-state index contributed by atoms with van der Waals surface area (Å²) < 4.78 is 0. The van der Waals surface area contributed by atoms with E-state index in [2.05, 4.69) is 0 Å². The molecule has 0 aromatic heterocycles. The summed E-state index contributed by atoms with van der Waals surface area (Å²) in [6, 6.07) is 0. The molecule has 0 heterocycles. The van der Waals surface area contributed by atoms with Gasteiger partial charge >= 0.3 is 0 Å². The van der Waals surface area contributed by atoms with E-state index in [9.17, 15) is 5.11 Å². The van der Waals surface area contributed by atoms with Crippen molar-refractivity contribution < 1.29 is 5.11 Å². The monoisotopic (exact) mass is 165 g/mol. The quantitative estimate of drug-likeness (QED) is 0.611. The molecule has 0 spiro atoms. The fraction of sp³-hybridized carbons (Fsp3) is 1.00. The van der Waals surface area contributed by atoms with E-state index in [1.54, 1.807) is 13.8 Å². The number of hydrogen-bond donors (Lipinski definition) is 2. The molecule has 0 atom stereocenters. The minimum Gasteiger partial charge on any atom is -0.389 e. The van der Waals surface area contributed by atoms with Gasteiger partial charge in [0.15, 0.2) is 0 Å². The van der Waals surface area contributed by atoms with E-state index in [1.165, 1.54) is 6.42 Å². The summed E-state index contributed by atoms with van der Waals surface area (Å²) in [5.74, 6) is 0. The van der Waals surface area contributed by atoms with E-state index in [0.717, 1.165) is 12.8 Å². The van der Waals surface area contributed by atoms with E-state index >= 15 is 0 Å². The topological polar surface area (TPSA) is 46.2 Å². The molecule has 0 bridgehead atoms. The van der Waals surface area contributed by atoms with Crippen LogP contribution in [0.25, 0.3) is 0 Å². The lowest BCUT2D eigenvalue weighted by molar-refractivity contribution is -0.0407. The number of halogens is 1. The van der Waals surface area contributed by atoms with Crippen molar-refractivity contribution in [2.24, 2.45) is 5.73 Å². The van der Waals surface area contributed by atoms with Crippen LogP contribution in [0.1, 0.15) is 33.1 Å². The number of rotatable bonds is 1. The summed E-state index contributed by atoms with van der Waals surface area (Å²) in [6.07, 6.45) is 3.10. The Morgan fingerprint density at radius 1 is 1.40 bits per heavy atom. The van der Waals surface area contributed by atoms with Gasteiger partial charge in [-0.2, -0.15) is 0 Å². The van der Waals surface area contributed by atoms with Crippen LogP contribution in [0.4, 0.5) is 0 Å². The predicted octanol–water partition coefficient (Wildman–Crippen LogP) is 1.06. The molecule has 62 valence electrons. The maximum Gasteiger partial charge on any atom is 0.0770 e. The molecular formula is C7H16ClNO. The van der Waals surface area contributed by atoms with Crippen molar-refractivity contribution in [2.75, 3.05) is 0 Å². The van der Waals surface area contributed by atoms with Crippen molar-refractivity contribution in [1.82, 2.24) is 0 Å². The lowest BCUT2D eigenvalue weighted by Crippen LogP contribution is -2.61. The van der Waals surface area contributed by atoms with Gasteiger partial charge in [0, 0.05) is 5.54 Å². The van der Waals surface area contributed by atoms with Crippen LogP contribution in [0.2, 0.25) is 0 Å². The molecule has 10 heavy (non-hydrogen) atoms. The highest BCUT2D eigenvalue weighted by atomic mass is 35.5. The van der Waals surface area contributed by atoms with Gasteiger partial charge in [0.05, 0.1) is 5.60 Å². The molecule has 0 aromatic rings. The molecule has 3 N–H and O–H groups in total. The van der Waals surface area contributed by atoms with Gasteiger partial charge < -0.3 is 10.8 Å². The standard InChI is InChI=1S/C7H15NO.ClH/c1-6(2,9)7(8)4-3-5-7;/h9H,3-5,8H2,1-2H3;1H. The Morgan fingerprint density at radius 2 is 1.80 bits per heavy atom. The molecule has 2 nitrogen and oxygen atoms in total. The predicted molar refractivity (Wildman–Crippen MR) is 44.3 cm³/mol. The highest BCUT2D eigenvalue weighted by molar-refractivity contribution is 5.85. The molecule has 0 amide bonds. The minimum atomic E-state index is -0.689. The highest BCUT2D eigenvalue weighted by Crippen LogP contribution is 2.37. The van der Waals surface area contributed by atoms with Crippen LogP contribution < -0.4 is 5.73 Å². The van der Waals surface area contributed by atoms with Crippen molar-refractivity contribution >= 4 is 12.4 Å². The van der Waals surface area contributed by atoms with Gasteiger partial charge in [-0.25, -0.2) is 0 Å². The second-order valence-electron chi connectivity index (χ2n) is 3.57. The van der Waals surface area contributed by atoms with Gasteiger partial charge in [-0.05, 0) is 33.1 Å². The second-order valence-corrected chi connectivity index (χ2v) is 3.57.